The van der Waals surface area contributed by atoms with Crippen LogP contribution in [0.25, 0.3) is 0 Å². The summed E-state index contributed by atoms with van der Waals surface area (Å²) in [5.41, 5.74) is 1.30. The molecule has 15 heavy (non-hydrogen) atoms. The normalized spacial score (nSPS) is 11.4. The molecule has 0 bridgehead atoms. The summed E-state index contributed by atoms with van der Waals surface area (Å²) in [5.74, 6) is 0.137. The van der Waals surface area contributed by atoms with E-state index in [-0.39, 0.29) is 11.3 Å². The minimum Gasteiger partial charge on any atom is -0.367 e. The molecule has 1 rings (SSSR count). The van der Waals surface area contributed by atoms with Crippen LogP contribution in [0.2, 0.25) is 0 Å². The molecule has 0 unspecified atom stereocenters. The summed E-state index contributed by atoms with van der Waals surface area (Å²) in [6.07, 6.45) is 5.32. The number of carbonyl (C=O) groups is 1. The lowest BCUT2D eigenvalue weighted by molar-refractivity contribution is -0.122. The Bertz CT molecular complexity index is 296. The van der Waals surface area contributed by atoms with Crippen LogP contribution in [0.1, 0.15) is 32.8 Å². The molecule has 0 aliphatic heterocycles. The summed E-state index contributed by atoms with van der Waals surface area (Å²) in [6.45, 7) is 6.92. The third-order valence-electron chi connectivity index (χ3n) is 2.09. The first-order valence-corrected chi connectivity index (χ1v) is 5.36. The molecule has 0 spiro atoms. The highest BCUT2D eigenvalue weighted by atomic mass is 16.1. The lowest BCUT2D eigenvalue weighted by Crippen LogP contribution is -2.29. The second-order valence-electron chi connectivity index (χ2n) is 5.06. The van der Waals surface area contributed by atoms with Crippen molar-refractivity contribution in [3.8, 4) is 0 Å². The lowest BCUT2D eigenvalue weighted by Gasteiger charge is -2.17. The molecule has 84 valence electrons. The summed E-state index contributed by atoms with van der Waals surface area (Å²) in [5, 5.41) is 2.92. The van der Waals surface area contributed by atoms with Crippen LogP contribution in [-0.4, -0.2) is 17.4 Å². The minimum atomic E-state index is 0.0676. The minimum absolute atomic E-state index is 0.0676. The summed E-state index contributed by atoms with van der Waals surface area (Å²) in [6, 6.07) is 2.02. The number of amides is 1. The van der Waals surface area contributed by atoms with Crippen LogP contribution < -0.4 is 5.32 Å². The van der Waals surface area contributed by atoms with Crippen molar-refractivity contribution in [1.29, 1.82) is 0 Å². The van der Waals surface area contributed by atoms with Crippen LogP contribution in [0.4, 0.5) is 0 Å². The van der Waals surface area contributed by atoms with Crippen molar-refractivity contribution in [2.75, 3.05) is 6.54 Å². The zero-order valence-corrected chi connectivity index (χ0v) is 9.76. The molecule has 1 aromatic heterocycles. The van der Waals surface area contributed by atoms with Crippen LogP contribution in [0.15, 0.2) is 18.5 Å². The largest absolute Gasteiger partial charge is 0.367 e. The van der Waals surface area contributed by atoms with E-state index in [2.05, 4.69) is 31.1 Å². The molecule has 0 aliphatic rings. The van der Waals surface area contributed by atoms with E-state index >= 15 is 0 Å². The second kappa shape index (κ2) is 5.01. The molecule has 0 aromatic carbocycles. The quantitative estimate of drug-likeness (QED) is 0.782. The van der Waals surface area contributed by atoms with Crippen molar-refractivity contribution in [2.45, 2.75) is 33.6 Å². The van der Waals surface area contributed by atoms with Crippen LogP contribution in [0.3, 0.4) is 0 Å². The molecule has 2 N–H and O–H groups in total. The number of rotatable bonds is 4. The van der Waals surface area contributed by atoms with Crippen molar-refractivity contribution >= 4 is 5.91 Å². The van der Waals surface area contributed by atoms with Gasteiger partial charge in [0.25, 0.3) is 0 Å². The maximum atomic E-state index is 11.5. The Morgan fingerprint density at radius 1 is 1.47 bits per heavy atom. The maximum Gasteiger partial charge on any atom is 0.220 e. The Morgan fingerprint density at radius 2 is 2.20 bits per heavy atom. The number of aromatic amines is 1. The highest BCUT2D eigenvalue weighted by Gasteiger charge is 2.15. The summed E-state index contributed by atoms with van der Waals surface area (Å²) in [7, 11) is 0. The smallest absolute Gasteiger partial charge is 0.220 e. The molecule has 0 saturated heterocycles. The molecule has 3 heteroatoms. The molecular weight excluding hydrogens is 188 g/mol. The van der Waals surface area contributed by atoms with Gasteiger partial charge in [-0.1, -0.05) is 20.8 Å². The first-order valence-electron chi connectivity index (χ1n) is 5.36. The zero-order chi connectivity index (χ0) is 11.3. The van der Waals surface area contributed by atoms with Crippen molar-refractivity contribution in [3.63, 3.8) is 0 Å². The Balaban J connectivity index is 2.18. The van der Waals surface area contributed by atoms with E-state index in [0.29, 0.717) is 13.0 Å². The predicted molar refractivity (Wildman–Crippen MR) is 61.6 cm³/mol. The van der Waals surface area contributed by atoms with Crippen LogP contribution in [0.5, 0.6) is 0 Å². The van der Waals surface area contributed by atoms with E-state index in [1.54, 1.807) is 0 Å². The first-order chi connectivity index (χ1) is 6.97. The molecule has 3 nitrogen and oxygen atoms in total. The average molecular weight is 208 g/mol. The van der Waals surface area contributed by atoms with Crippen LogP contribution in [-0.2, 0) is 11.2 Å². The van der Waals surface area contributed by atoms with Gasteiger partial charge >= 0.3 is 0 Å². The summed E-state index contributed by atoms with van der Waals surface area (Å²) < 4.78 is 0. The highest BCUT2D eigenvalue weighted by Crippen LogP contribution is 2.17. The Labute approximate surface area is 91.3 Å². The standard InChI is InChI=1S/C12H20N2O/c1-12(2,3)8-11(15)14-7-5-10-4-6-13-9-10/h4,6,9,13H,5,7-8H2,1-3H3,(H,14,15). The molecule has 0 atom stereocenters. The Kier molecular flexibility index (Phi) is 3.95. The maximum absolute atomic E-state index is 11.5. The number of aromatic nitrogens is 1. The van der Waals surface area contributed by atoms with Crippen molar-refractivity contribution < 1.29 is 4.79 Å². The fraction of sp³-hybridized carbons (Fsp3) is 0.583. The van der Waals surface area contributed by atoms with Gasteiger partial charge in [0, 0.05) is 25.4 Å². The second-order valence-corrected chi connectivity index (χ2v) is 5.06. The van der Waals surface area contributed by atoms with E-state index in [1.807, 2.05) is 18.5 Å². The topological polar surface area (TPSA) is 44.9 Å². The average Bonchev–Trinajstić information content (AvgIpc) is 2.53. The number of hydrogen-bond donors (Lipinski definition) is 2. The molecular formula is C12H20N2O. The highest BCUT2D eigenvalue weighted by molar-refractivity contribution is 5.76. The van der Waals surface area contributed by atoms with Gasteiger partial charge in [0.2, 0.25) is 5.91 Å². The van der Waals surface area contributed by atoms with Gasteiger partial charge in [-0.15, -0.1) is 0 Å². The number of nitrogens with one attached hydrogen (secondary N) is 2. The molecule has 0 aliphatic carbocycles. The number of H-pyrrole nitrogens is 1. The third-order valence-corrected chi connectivity index (χ3v) is 2.09. The monoisotopic (exact) mass is 208 g/mol. The molecule has 1 heterocycles. The van der Waals surface area contributed by atoms with Crippen LogP contribution in [0, 0.1) is 5.41 Å². The molecule has 1 amide bonds. The fourth-order valence-electron chi connectivity index (χ4n) is 1.40. The SMILES string of the molecule is CC(C)(C)CC(=O)NCCc1cc[nH]c1. The van der Waals surface area contributed by atoms with Gasteiger partial charge in [0.05, 0.1) is 0 Å². The Hall–Kier alpha value is -1.25. The number of hydrogen-bond acceptors (Lipinski definition) is 1. The first kappa shape index (κ1) is 11.8. The van der Waals surface area contributed by atoms with Crippen molar-refractivity contribution in [3.05, 3.63) is 24.0 Å². The van der Waals surface area contributed by atoms with Crippen LogP contribution >= 0.6 is 0 Å². The van der Waals surface area contributed by atoms with E-state index in [0.717, 1.165) is 6.42 Å². The fourth-order valence-corrected chi connectivity index (χ4v) is 1.40. The zero-order valence-electron chi connectivity index (χ0n) is 9.76. The van der Waals surface area contributed by atoms with E-state index < -0.39 is 0 Å². The molecule has 0 saturated carbocycles. The van der Waals surface area contributed by atoms with Gasteiger partial charge in [-0.25, -0.2) is 0 Å². The van der Waals surface area contributed by atoms with Crippen molar-refractivity contribution in [2.24, 2.45) is 5.41 Å². The van der Waals surface area contributed by atoms with Gasteiger partial charge in [-0.2, -0.15) is 0 Å². The predicted octanol–water partition coefficient (Wildman–Crippen LogP) is 2.11. The molecule has 1 aromatic rings. The van der Waals surface area contributed by atoms with Crippen molar-refractivity contribution in [1.82, 2.24) is 10.3 Å². The molecule has 0 fully saturated rings. The summed E-state index contributed by atoms with van der Waals surface area (Å²) >= 11 is 0. The van der Waals surface area contributed by atoms with Gasteiger partial charge in [-0.05, 0) is 23.5 Å². The van der Waals surface area contributed by atoms with E-state index in [4.69, 9.17) is 0 Å². The third kappa shape index (κ3) is 5.25. The summed E-state index contributed by atoms with van der Waals surface area (Å²) in [4.78, 5) is 14.5. The lowest BCUT2D eigenvalue weighted by atomic mass is 9.92. The number of carbonyl (C=O) groups excluding carboxylic acids is 1. The molecule has 0 radical (unpaired) electrons. The van der Waals surface area contributed by atoms with Gasteiger partial charge in [0.15, 0.2) is 0 Å². The Morgan fingerprint density at radius 3 is 2.73 bits per heavy atom. The van der Waals surface area contributed by atoms with E-state index in [1.165, 1.54) is 5.56 Å². The van der Waals surface area contributed by atoms with Gasteiger partial charge in [0.1, 0.15) is 0 Å². The van der Waals surface area contributed by atoms with E-state index in [9.17, 15) is 4.79 Å². The van der Waals surface area contributed by atoms with Gasteiger partial charge < -0.3 is 10.3 Å². The van der Waals surface area contributed by atoms with Gasteiger partial charge in [-0.3, -0.25) is 4.79 Å².